The monoisotopic (exact) mass is 196 g/mol. The second-order valence-corrected chi connectivity index (χ2v) is 4.13. The highest BCUT2D eigenvalue weighted by Gasteiger charge is 2.46. The van der Waals surface area contributed by atoms with E-state index in [1.807, 2.05) is 0 Å². The van der Waals surface area contributed by atoms with Crippen LogP contribution in [-0.2, 0) is 14.3 Å². The summed E-state index contributed by atoms with van der Waals surface area (Å²) >= 11 is 0. The van der Waals surface area contributed by atoms with E-state index >= 15 is 0 Å². The topological polar surface area (TPSA) is 35.5 Å². The van der Waals surface area contributed by atoms with E-state index in [0.29, 0.717) is 18.4 Å². The minimum Gasteiger partial charge on any atom is -0.459 e. The first-order chi connectivity index (χ1) is 6.70. The lowest BCUT2D eigenvalue weighted by molar-refractivity contribution is -0.159. The second kappa shape index (κ2) is 3.73. The van der Waals surface area contributed by atoms with Crippen molar-refractivity contribution >= 4 is 5.97 Å². The molecule has 4 atom stereocenters. The number of esters is 1. The van der Waals surface area contributed by atoms with Crippen molar-refractivity contribution in [2.24, 2.45) is 5.92 Å². The third kappa shape index (κ3) is 1.69. The van der Waals surface area contributed by atoms with Gasteiger partial charge in [-0.3, -0.25) is 4.79 Å². The molecule has 1 saturated heterocycles. The zero-order chi connectivity index (χ0) is 10.1. The Morgan fingerprint density at radius 2 is 2.43 bits per heavy atom. The Labute approximate surface area is 84.1 Å². The molecule has 3 heteroatoms. The summed E-state index contributed by atoms with van der Waals surface area (Å²) in [6, 6.07) is 0. The third-order valence-electron chi connectivity index (χ3n) is 3.13. The summed E-state index contributed by atoms with van der Waals surface area (Å²) in [6.07, 6.45) is 4.35. The van der Waals surface area contributed by atoms with Crippen molar-refractivity contribution in [1.29, 1.82) is 0 Å². The molecule has 0 amide bonds. The molecule has 1 saturated carbocycles. The number of fused-ring (bicyclic) bond motifs is 2. The maximum Gasteiger partial charge on any atom is 0.309 e. The van der Waals surface area contributed by atoms with E-state index < -0.39 is 0 Å². The number of hydrogen-bond donors (Lipinski definition) is 0. The fraction of sp³-hybridized carbons (Fsp3) is 0.727. The van der Waals surface area contributed by atoms with E-state index in [1.54, 1.807) is 6.08 Å². The Bertz CT molecular complexity index is 247. The lowest BCUT2D eigenvalue weighted by Crippen LogP contribution is -2.33. The molecule has 0 aromatic heterocycles. The number of rotatable bonds is 3. The lowest BCUT2D eigenvalue weighted by Gasteiger charge is -2.26. The van der Waals surface area contributed by atoms with E-state index in [0.717, 1.165) is 12.8 Å². The van der Waals surface area contributed by atoms with Crippen LogP contribution in [0.3, 0.4) is 0 Å². The second-order valence-electron chi connectivity index (χ2n) is 4.13. The van der Waals surface area contributed by atoms with Gasteiger partial charge in [-0.2, -0.15) is 0 Å². The van der Waals surface area contributed by atoms with Gasteiger partial charge in [-0.15, -0.1) is 6.58 Å². The highest BCUT2D eigenvalue weighted by atomic mass is 16.6. The standard InChI is InChI=1S/C11H16O3/c1-3-4-11(12)14-10-6-8-5-9(10)13-7(8)2/h3,7-10H,1,4-6H2,2H3. The molecule has 2 bridgehead atoms. The zero-order valence-electron chi connectivity index (χ0n) is 8.44. The minimum atomic E-state index is -0.186. The van der Waals surface area contributed by atoms with Gasteiger partial charge < -0.3 is 9.47 Å². The van der Waals surface area contributed by atoms with E-state index in [1.165, 1.54) is 0 Å². The van der Waals surface area contributed by atoms with Crippen LogP contribution in [0.4, 0.5) is 0 Å². The van der Waals surface area contributed by atoms with Gasteiger partial charge in [0.1, 0.15) is 6.10 Å². The molecule has 0 N–H and O–H groups in total. The van der Waals surface area contributed by atoms with Crippen molar-refractivity contribution in [2.75, 3.05) is 0 Å². The molecule has 1 aliphatic heterocycles. The molecule has 2 fully saturated rings. The van der Waals surface area contributed by atoms with Gasteiger partial charge in [-0.05, 0) is 25.7 Å². The number of carbonyl (C=O) groups excluding carboxylic acids is 1. The molecule has 2 rings (SSSR count). The summed E-state index contributed by atoms with van der Waals surface area (Å²) in [6.45, 7) is 5.59. The van der Waals surface area contributed by atoms with Gasteiger partial charge in [0.25, 0.3) is 0 Å². The van der Waals surface area contributed by atoms with Crippen molar-refractivity contribution in [3.63, 3.8) is 0 Å². The van der Waals surface area contributed by atoms with Gasteiger partial charge in [0.2, 0.25) is 0 Å². The number of hydrogen-bond acceptors (Lipinski definition) is 3. The van der Waals surface area contributed by atoms with Crippen molar-refractivity contribution in [3.8, 4) is 0 Å². The molecule has 4 unspecified atom stereocenters. The zero-order valence-corrected chi connectivity index (χ0v) is 8.44. The molecular formula is C11H16O3. The molecule has 1 heterocycles. The smallest absolute Gasteiger partial charge is 0.309 e. The molecule has 1 aliphatic carbocycles. The molecule has 0 radical (unpaired) electrons. The van der Waals surface area contributed by atoms with Crippen LogP contribution in [0.2, 0.25) is 0 Å². The van der Waals surface area contributed by atoms with Gasteiger partial charge in [0.15, 0.2) is 0 Å². The molecular weight excluding hydrogens is 180 g/mol. The Balaban J connectivity index is 1.85. The van der Waals surface area contributed by atoms with Crippen LogP contribution in [0.25, 0.3) is 0 Å². The first-order valence-corrected chi connectivity index (χ1v) is 5.16. The Morgan fingerprint density at radius 1 is 1.64 bits per heavy atom. The molecule has 14 heavy (non-hydrogen) atoms. The number of ether oxygens (including phenoxy) is 2. The van der Waals surface area contributed by atoms with Crippen LogP contribution in [0.1, 0.15) is 26.2 Å². The lowest BCUT2D eigenvalue weighted by atomic mass is 10.0. The molecule has 2 aliphatic rings. The van der Waals surface area contributed by atoms with Crippen LogP contribution in [-0.4, -0.2) is 24.3 Å². The fourth-order valence-corrected chi connectivity index (χ4v) is 2.37. The predicted octanol–water partition coefficient (Wildman–Crippen LogP) is 1.67. The molecule has 78 valence electrons. The van der Waals surface area contributed by atoms with Crippen molar-refractivity contribution < 1.29 is 14.3 Å². The molecule has 0 aromatic rings. The average molecular weight is 196 g/mol. The maximum absolute atomic E-state index is 11.2. The van der Waals surface area contributed by atoms with E-state index in [4.69, 9.17) is 9.47 Å². The van der Waals surface area contributed by atoms with Crippen molar-refractivity contribution in [3.05, 3.63) is 12.7 Å². The first-order valence-electron chi connectivity index (χ1n) is 5.16. The summed E-state index contributed by atoms with van der Waals surface area (Å²) in [4.78, 5) is 11.2. The van der Waals surface area contributed by atoms with Crippen LogP contribution in [0.5, 0.6) is 0 Å². The Morgan fingerprint density at radius 3 is 2.93 bits per heavy atom. The van der Waals surface area contributed by atoms with Gasteiger partial charge in [0, 0.05) is 0 Å². The summed E-state index contributed by atoms with van der Waals surface area (Å²) in [5.41, 5.74) is 0. The normalized spacial score (nSPS) is 39.8. The largest absolute Gasteiger partial charge is 0.459 e. The van der Waals surface area contributed by atoms with Gasteiger partial charge in [-0.25, -0.2) is 0 Å². The van der Waals surface area contributed by atoms with Crippen LogP contribution < -0.4 is 0 Å². The van der Waals surface area contributed by atoms with Crippen LogP contribution >= 0.6 is 0 Å². The highest BCUT2D eigenvalue weighted by Crippen LogP contribution is 2.41. The highest BCUT2D eigenvalue weighted by molar-refractivity contribution is 5.71. The van der Waals surface area contributed by atoms with Crippen LogP contribution in [0.15, 0.2) is 12.7 Å². The first kappa shape index (κ1) is 9.71. The molecule has 3 nitrogen and oxygen atoms in total. The summed E-state index contributed by atoms with van der Waals surface area (Å²) in [5, 5.41) is 0. The summed E-state index contributed by atoms with van der Waals surface area (Å²) < 4.78 is 10.9. The third-order valence-corrected chi connectivity index (χ3v) is 3.13. The van der Waals surface area contributed by atoms with Crippen molar-refractivity contribution in [2.45, 2.75) is 44.5 Å². The summed E-state index contributed by atoms with van der Waals surface area (Å²) in [5.74, 6) is 0.398. The quantitative estimate of drug-likeness (QED) is 0.509. The van der Waals surface area contributed by atoms with Gasteiger partial charge >= 0.3 is 5.97 Å². The number of carbonyl (C=O) groups is 1. The average Bonchev–Trinajstić information content (AvgIpc) is 2.63. The minimum absolute atomic E-state index is 0.0105. The van der Waals surface area contributed by atoms with Crippen molar-refractivity contribution in [1.82, 2.24) is 0 Å². The Hall–Kier alpha value is -0.830. The van der Waals surface area contributed by atoms with Gasteiger partial charge in [0.05, 0.1) is 18.6 Å². The summed E-state index contributed by atoms with van der Waals surface area (Å²) in [7, 11) is 0. The molecule has 0 spiro atoms. The predicted molar refractivity (Wildman–Crippen MR) is 51.8 cm³/mol. The Kier molecular flexibility index (Phi) is 2.59. The van der Waals surface area contributed by atoms with Gasteiger partial charge in [-0.1, -0.05) is 6.08 Å². The maximum atomic E-state index is 11.2. The van der Waals surface area contributed by atoms with E-state index in [9.17, 15) is 4.79 Å². The van der Waals surface area contributed by atoms with E-state index in [-0.39, 0.29) is 18.2 Å². The molecule has 0 aromatic carbocycles. The van der Waals surface area contributed by atoms with Crippen LogP contribution in [0, 0.1) is 5.92 Å². The fourth-order valence-electron chi connectivity index (χ4n) is 2.37. The van der Waals surface area contributed by atoms with E-state index in [2.05, 4.69) is 13.5 Å². The SMILES string of the molecule is C=CCC(=O)OC1CC2CC1OC2C.